The van der Waals surface area contributed by atoms with E-state index < -0.39 is 16.0 Å². The van der Waals surface area contributed by atoms with Crippen LogP contribution in [0.1, 0.15) is 49.0 Å². The number of hydrogen-bond acceptors (Lipinski definition) is 4. The first-order valence-corrected chi connectivity index (χ1v) is 11.5. The van der Waals surface area contributed by atoms with Gasteiger partial charge in [-0.1, -0.05) is 32.4 Å². The van der Waals surface area contributed by atoms with E-state index in [1.165, 1.54) is 0 Å². The molecule has 1 fully saturated rings. The molecular weight excluding hydrogens is 388 g/mol. The van der Waals surface area contributed by atoms with Crippen LogP contribution in [-0.4, -0.2) is 32.6 Å². The van der Waals surface area contributed by atoms with Gasteiger partial charge in [0.1, 0.15) is 0 Å². The lowest BCUT2D eigenvalue weighted by molar-refractivity contribution is 0.0698. The Kier molecular flexibility index (Phi) is 6.47. The lowest BCUT2D eigenvalue weighted by Crippen LogP contribution is -2.34. The predicted octanol–water partition coefficient (Wildman–Crippen LogP) is 4.37. The molecule has 1 aliphatic heterocycles. The molecule has 7 heteroatoms. The zero-order valence-electron chi connectivity index (χ0n) is 16.9. The minimum atomic E-state index is -3.87. The molecular formula is C22H28N2O4S. The van der Waals surface area contributed by atoms with Gasteiger partial charge in [0.15, 0.2) is 0 Å². The average molecular weight is 417 g/mol. The SMILES string of the molecule is CCCc1ccc(S(=O)(=O)Nc2ccc(N3CCC[C@H](C)C3)cc2C(=O)O)cc1. The van der Waals surface area contributed by atoms with Gasteiger partial charge < -0.3 is 10.0 Å². The Hall–Kier alpha value is -2.54. The number of carboxylic acid groups (broad SMARTS) is 1. The molecule has 0 amide bonds. The summed E-state index contributed by atoms with van der Waals surface area (Å²) >= 11 is 0. The van der Waals surface area contributed by atoms with Crippen molar-refractivity contribution in [2.24, 2.45) is 5.92 Å². The smallest absolute Gasteiger partial charge is 0.337 e. The zero-order valence-corrected chi connectivity index (χ0v) is 17.7. The summed E-state index contributed by atoms with van der Waals surface area (Å²) in [6.45, 7) is 5.99. The third-order valence-electron chi connectivity index (χ3n) is 5.27. The quantitative estimate of drug-likeness (QED) is 0.700. The van der Waals surface area contributed by atoms with Crippen molar-refractivity contribution >= 4 is 27.4 Å². The van der Waals surface area contributed by atoms with Crippen LogP contribution in [0, 0.1) is 5.92 Å². The number of nitrogens with zero attached hydrogens (tertiary/aromatic N) is 1. The topological polar surface area (TPSA) is 86.7 Å². The van der Waals surface area contributed by atoms with Crippen LogP contribution < -0.4 is 9.62 Å². The second-order valence-electron chi connectivity index (χ2n) is 7.73. The Morgan fingerprint density at radius 3 is 2.55 bits per heavy atom. The zero-order chi connectivity index (χ0) is 21.0. The fraction of sp³-hybridized carbons (Fsp3) is 0.409. The summed E-state index contributed by atoms with van der Waals surface area (Å²) in [7, 11) is -3.87. The van der Waals surface area contributed by atoms with Crippen molar-refractivity contribution in [2.45, 2.75) is 44.4 Å². The Morgan fingerprint density at radius 2 is 1.93 bits per heavy atom. The van der Waals surface area contributed by atoms with Gasteiger partial charge in [0.25, 0.3) is 10.0 Å². The van der Waals surface area contributed by atoms with E-state index in [4.69, 9.17) is 0 Å². The van der Waals surface area contributed by atoms with Gasteiger partial charge in [0.2, 0.25) is 0 Å². The monoisotopic (exact) mass is 416 g/mol. The number of nitrogens with one attached hydrogen (secondary N) is 1. The first-order valence-electron chi connectivity index (χ1n) is 10.0. The third-order valence-corrected chi connectivity index (χ3v) is 6.65. The molecule has 2 aromatic carbocycles. The van der Waals surface area contributed by atoms with Gasteiger partial charge in [-0.25, -0.2) is 13.2 Å². The summed E-state index contributed by atoms with van der Waals surface area (Å²) in [5.41, 5.74) is 1.90. The number of carboxylic acids is 1. The summed E-state index contributed by atoms with van der Waals surface area (Å²) in [5, 5.41) is 9.65. The van der Waals surface area contributed by atoms with Crippen molar-refractivity contribution in [1.29, 1.82) is 0 Å². The number of rotatable bonds is 7. The molecule has 0 radical (unpaired) electrons. The van der Waals surface area contributed by atoms with Crippen LogP contribution in [0.2, 0.25) is 0 Å². The Balaban J connectivity index is 1.86. The maximum atomic E-state index is 12.8. The van der Waals surface area contributed by atoms with Gasteiger partial charge in [0.05, 0.1) is 16.1 Å². The Bertz CT molecular complexity index is 971. The summed E-state index contributed by atoms with van der Waals surface area (Å²) in [5.74, 6) is -0.612. The van der Waals surface area contributed by atoms with E-state index in [-0.39, 0.29) is 16.1 Å². The average Bonchev–Trinajstić information content (AvgIpc) is 2.68. The van der Waals surface area contributed by atoms with Crippen LogP contribution in [0.4, 0.5) is 11.4 Å². The number of piperidine rings is 1. The van der Waals surface area contributed by atoms with Crippen molar-refractivity contribution in [3.05, 3.63) is 53.6 Å². The number of benzene rings is 2. The molecule has 1 saturated heterocycles. The van der Waals surface area contributed by atoms with E-state index in [1.807, 2.05) is 0 Å². The fourth-order valence-corrected chi connectivity index (χ4v) is 4.83. The maximum Gasteiger partial charge on any atom is 0.337 e. The molecule has 0 saturated carbocycles. The molecule has 3 rings (SSSR count). The maximum absolute atomic E-state index is 12.8. The van der Waals surface area contributed by atoms with E-state index in [1.54, 1.807) is 42.5 Å². The number of anilines is 2. The van der Waals surface area contributed by atoms with Gasteiger partial charge >= 0.3 is 5.97 Å². The summed E-state index contributed by atoms with van der Waals surface area (Å²) in [6.07, 6.45) is 4.09. The van der Waals surface area contributed by atoms with E-state index in [0.717, 1.165) is 50.0 Å². The minimum absolute atomic E-state index is 0.0492. The molecule has 2 N–H and O–H groups in total. The lowest BCUT2D eigenvalue weighted by atomic mass is 9.99. The van der Waals surface area contributed by atoms with Crippen molar-refractivity contribution in [3.63, 3.8) is 0 Å². The second-order valence-corrected chi connectivity index (χ2v) is 9.41. The van der Waals surface area contributed by atoms with Crippen molar-refractivity contribution in [2.75, 3.05) is 22.7 Å². The standard InChI is InChI=1S/C22H28N2O4S/c1-3-5-17-7-10-19(11-8-17)29(27,28)23-21-12-9-18(14-20(21)22(25)26)24-13-4-6-16(2)15-24/h7-12,14,16,23H,3-6,13,15H2,1-2H3,(H,25,26)/t16-/m0/s1. The van der Waals surface area contributed by atoms with Gasteiger partial charge in [-0.3, -0.25) is 4.72 Å². The number of aromatic carboxylic acids is 1. The van der Waals surface area contributed by atoms with Crippen LogP contribution in [0.15, 0.2) is 47.4 Å². The van der Waals surface area contributed by atoms with Crippen molar-refractivity contribution in [3.8, 4) is 0 Å². The molecule has 29 heavy (non-hydrogen) atoms. The van der Waals surface area contributed by atoms with Crippen LogP contribution in [0.5, 0.6) is 0 Å². The fourth-order valence-electron chi connectivity index (χ4n) is 3.75. The molecule has 1 atom stereocenters. The molecule has 0 aliphatic carbocycles. The highest BCUT2D eigenvalue weighted by Gasteiger charge is 2.22. The molecule has 1 heterocycles. The molecule has 6 nitrogen and oxygen atoms in total. The summed E-state index contributed by atoms with van der Waals surface area (Å²) in [6, 6.07) is 11.6. The van der Waals surface area contributed by atoms with E-state index in [0.29, 0.717) is 5.92 Å². The van der Waals surface area contributed by atoms with Crippen LogP contribution >= 0.6 is 0 Å². The molecule has 156 valence electrons. The van der Waals surface area contributed by atoms with E-state index in [2.05, 4.69) is 23.5 Å². The molecule has 1 aliphatic rings. The number of sulfonamides is 1. The first-order chi connectivity index (χ1) is 13.8. The van der Waals surface area contributed by atoms with Gasteiger partial charge in [-0.15, -0.1) is 0 Å². The highest BCUT2D eigenvalue weighted by atomic mass is 32.2. The highest BCUT2D eigenvalue weighted by molar-refractivity contribution is 7.92. The normalized spacial score (nSPS) is 17.2. The number of hydrogen-bond donors (Lipinski definition) is 2. The minimum Gasteiger partial charge on any atom is -0.478 e. The van der Waals surface area contributed by atoms with Gasteiger partial charge in [-0.2, -0.15) is 0 Å². The number of carbonyl (C=O) groups is 1. The Labute approximate surface area is 172 Å². The highest BCUT2D eigenvalue weighted by Crippen LogP contribution is 2.29. The molecule has 0 bridgehead atoms. The molecule has 0 unspecified atom stereocenters. The third kappa shape index (κ3) is 5.09. The number of aryl methyl sites for hydroxylation is 1. The lowest BCUT2D eigenvalue weighted by Gasteiger charge is -2.33. The second kappa shape index (κ2) is 8.86. The van der Waals surface area contributed by atoms with Gasteiger partial charge in [-0.05, 0) is 61.1 Å². The van der Waals surface area contributed by atoms with Crippen LogP contribution in [-0.2, 0) is 16.4 Å². The molecule has 2 aromatic rings. The first kappa shape index (κ1) is 21.2. The molecule has 0 spiro atoms. The van der Waals surface area contributed by atoms with Crippen LogP contribution in [0.25, 0.3) is 0 Å². The molecule has 0 aromatic heterocycles. The largest absolute Gasteiger partial charge is 0.478 e. The van der Waals surface area contributed by atoms with Crippen molar-refractivity contribution in [1.82, 2.24) is 0 Å². The summed E-state index contributed by atoms with van der Waals surface area (Å²) in [4.78, 5) is 14.1. The van der Waals surface area contributed by atoms with Crippen LogP contribution in [0.3, 0.4) is 0 Å². The van der Waals surface area contributed by atoms with Gasteiger partial charge in [0, 0.05) is 18.8 Å². The Morgan fingerprint density at radius 1 is 1.21 bits per heavy atom. The van der Waals surface area contributed by atoms with E-state index in [9.17, 15) is 18.3 Å². The van der Waals surface area contributed by atoms with E-state index >= 15 is 0 Å². The van der Waals surface area contributed by atoms with Crippen molar-refractivity contribution < 1.29 is 18.3 Å². The summed E-state index contributed by atoms with van der Waals surface area (Å²) < 4.78 is 28.0. The predicted molar refractivity (Wildman–Crippen MR) is 115 cm³/mol.